The van der Waals surface area contributed by atoms with Gasteiger partial charge in [0.1, 0.15) is 5.75 Å². The molecule has 1 aromatic carbocycles. The Balaban J connectivity index is 3.02. The minimum absolute atomic E-state index is 0.0666. The van der Waals surface area contributed by atoms with Gasteiger partial charge in [-0.25, -0.2) is 0 Å². The molecule has 0 saturated heterocycles. The lowest BCUT2D eigenvalue weighted by Gasteiger charge is -2.26. The Morgan fingerprint density at radius 3 is 2.50 bits per heavy atom. The third-order valence-electron chi connectivity index (χ3n) is 3.11. The van der Waals surface area contributed by atoms with E-state index >= 15 is 0 Å². The fourth-order valence-electron chi connectivity index (χ4n) is 1.93. The summed E-state index contributed by atoms with van der Waals surface area (Å²) in [5.74, 6) is -7.42. The van der Waals surface area contributed by atoms with Gasteiger partial charge in [-0.1, -0.05) is 19.1 Å². The topological polar surface area (TPSA) is 66.8 Å². The van der Waals surface area contributed by atoms with Gasteiger partial charge >= 0.3 is 11.9 Å². The van der Waals surface area contributed by atoms with E-state index in [4.69, 9.17) is 9.84 Å². The normalized spacial score (nSPS) is 12.6. The van der Waals surface area contributed by atoms with Gasteiger partial charge < -0.3 is 14.7 Å². The minimum Gasteiger partial charge on any atom is -0.493 e. The third-order valence-corrected chi connectivity index (χ3v) is 3.11. The highest BCUT2D eigenvalue weighted by molar-refractivity contribution is 5.86. The molecule has 1 unspecified atom stereocenters. The summed E-state index contributed by atoms with van der Waals surface area (Å²) in [5, 5.41) is 8.80. The summed E-state index contributed by atoms with van der Waals surface area (Å²) in [6, 6.07) is 5.40. The molecule has 0 aliphatic rings. The van der Waals surface area contributed by atoms with Gasteiger partial charge in [0.2, 0.25) is 0 Å². The van der Waals surface area contributed by atoms with Gasteiger partial charge in [-0.05, 0) is 19.1 Å². The zero-order valence-electron chi connectivity index (χ0n) is 12.7. The number of amides is 1. The van der Waals surface area contributed by atoms with Gasteiger partial charge in [0.05, 0.1) is 18.1 Å². The van der Waals surface area contributed by atoms with E-state index in [0.29, 0.717) is 0 Å². The van der Waals surface area contributed by atoms with Crippen LogP contribution in [0.1, 0.15) is 19.4 Å². The Labute approximate surface area is 127 Å². The van der Waals surface area contributed by atoms with E-state index in [1.807, 2.05) is 0 Å². The number of carboxylic acid groups (broad SMARTS) is 1. The molecule has 7 heteroatoms. The maximum atomic E-state index is 14.4. The molecule has 0 aliphatic heterocycles. The molecule has 1 N–H and O–H groups in total. The van der Waals surface area contributed by atoms with Crippen molar-refractivity contribution < 1.29 is 28.2 Å². The number of likely N-dealkylation sites (N-methyl/N-ethyl adjacent to an activating group) is 1. The van der Waals surface area contributed by atoms with Crippen LogP contribution in [0.25, 0.3) is 0 Å². The van der Waals surface area contributed by atoms with Crippen LogP contribution < -0.4 is 4.74 Å². The van der Waals surface area contributed by atoms with Crippen molar-refractivity contribution in [1.82, 2.24) is 4.90 Å². The van der Waals surface area contributed by atoms with Gasteiger partial charge in [0.15, 0.2) is 0 Å². The summed E-state index contributed by atoms with van der Waals surface area (Å²) >= 11 is 0. The lowest BCUT2D eigenvalue weighted by atomic mass is 10.1. The Hall–Kier alpha value is -2.18. The van der Waals surface area contributed by atoms with Gasteiger partial charge in [-0.15, -0.1) is 0 Å². The van der Waals surface area contributed by atoms with Crippen molar-refractivity contribution in [3.8, 4) is 5.75 Å². The molecular weight excluding hydrogens is 296 g/mol. The highest BCUT2D eigenvalue weighted by Crippen LogP contribution is 2.36. The number of hydrogen-bond acceptors (Lipinski definition) is 3. The Kier molecular flexibility index (Phi) is 5.84. The fraction of sp³-hybridized carbons (Fsp3) is 0.467. The SMILES string of the molecule is CCOc1ccccc1C(F)(F)C(=O)N(C)CC(C)C(=O)O. The maximum absolute atomic E-state index is 14.4. The second-order valence-corrected chi connectivity index (χ2v) is 4.93. The minimum atomic E-state index is -3.79. The predicted octanol–water partition coefficient (Wildman–Crippen LogP) is 2.36. The van der Waals surface area contributed by atoms with Crippen molar-refractivity contribution in [1.29, 1.82) is 0 Å². The zero-order chi connectivity index (χ0) is 16.9. The van der Waals surface area contributed by atoms with Crippen LogP contribution in [0.3, 0.4) is 0 Å². The average molecular weight is 315 g/mol. The van der Waals surface area contributed by atoms with Crippen molar-refractivity contribution in [2.45, 2.75) is 19.8 Å². The molecule has 122 valence electrons. The first-order chi connectivity index (χ1) is 10.2. The average Bonchev–Trinajstić information content (AvgIpc) is 2.46. The van der Waals surface area contributed by atoms with Gasteiger partial charge in [-0.2, -0.15) is 8.78 Å². The zero-order valence-corrected chi connectivity index (χ0v) is 12.7. The molecule has 5 nitrogen and oxygen atoms in total. The number of rotatable bonds is 7. The summed E-state index contributed by atoms with van der Waals surface area (Å²) in [6.07, 6.45) is 0. The summed E-state index contributed by atoms with van der Waals surface area (Å²) in [5.41, 5.74) is -0.531. The molecule has 1 rings (SSSR count). The molecule has 0 fully saturated rings. The number of carbonyl (C=O) groups is 2. The van der Waals surface area contributed by atoms with Crippen molar-refractivity contribution in [3.05, 3.63) is 29.8 Å². The van der Waals surface area contributed by atoms with Crippen molar-refractivity contribution in [3.63, 3.8) is 0 Å². The van der Waals surface area contributed by atoms with Crippen LogP contribution in [0.4, 0.5) is 8.78 Å². The first-order valence-electron chi connectivity index (χ1n) is 6.80. The quantitative estimate of drug-likeness (QED) is 0.839. The fourth-order valence-corrected chi connectivity index (χ4v) is 1.93. The molecule has 1 aromatic rings. The molecule has 0 heterocycles. The molecule has 0 radical (unpaired) electrons. The van der Waals surface area contributed by atoms with E-state index in [2.05, 4.69) is 0 Å². The van der Waals surface area contributed by atoms with E-state index in [9.17, 15) is 18.4 Å². The molecule has 1 amide bonds. The largest absolute Gasteiger partial charge is 0.493 e. The molecule has 0 bridgehead atoms. The van der Waals surface area contributed by atoms with Crippen molar-refractivity contribution in [2.75, 3.05) is 20.2 Å². The lowest BCUT2D eigenvalue weighted by Crippen LogP contribution is -2.42. The Morgan fingerprint density at radius 2 is 1.95 bits per heavy atom. The molecule has 0 aliphatic carbocycles. The Morgan fingerprint density at radius 1 is 1.36 bits per heavy atom. The number of carboxylic acids is 1. The molecule has 0 saturated carbocycles. The number of nitrogens with zero attached hydrogens (tertiary/aromatic N) is 1. The highest BCUT2D eigenvalue weighted by Gasteiger charge is 2.45. The standard InChI is InChI=1S/C15H19F2NO4/c1-4-22-12-8-6-5-7-11(12)15(16,17)14(21)18(3)9-10(2)13(19)20/h5-8,10H,4,9H2,1-3H3,(H,19,20). The van der Waals surface area contributed by atoms with Crippen LogP contribution in [-0.4, -0.2) is 42.1 Å². The predicted molar refractivity (Wildman–Crippen MR) is 75.9 cm³/mol. The van der Waals surface area contributed by atoms with Crippen molar-refractivity contribution >= 4 is 11.9 Å². The summed E-state index contributed by atoms with van der Waals surface area (Å²) < 4.78 is 34.0. The van der Waals surface area contributed by atoms with Crippen LogP contribution in [0.15, 0.2) is 24.3 Å². The van der Waals surface area contributed by atoms with Crippen LogP contribution in [-0.2, 0) is 15.5 Å². The first-order valence-corrected chi connectivity index (χ1v) is 6.80. The number of hydrogen-bond donors (Lipinski definition) is 1. The van der Waals surface area contributed by atoms with Crippen LogP contribution in [0.2, 0.25) is 0 Å². The third kappa shape index (κ3) is 3.93. The second-order valence-electron chi connectivity index (χ2n) is 4.93. The van der Waals surface area contributed by atoms with Crippen molar-refractivity contribution in [2.24, 2.45) is 5.92 Å². The maximum Gasteiger partial charge on any atom is 0.353 e. The smallest absolute Gasteiger partial charge is 0.353 e. The number of para-hydroxylation sites is 1. The lowest BCUT2D eigenvalue weighted by molar-refractivity contribution is -0.159. The molecule has 0 spiro atoms. The van der Waals surface area contributed by atoms with E-state index in [0.717, 1.165) is 18.0 Å². The molecular formula is C15H19F2NO4. The monoisotopic (exact) mass is 315 g/mol. The van der Waals surface area contributed by atoms with E-state index < -0.39 is 29.3 Å². The van der Waals surface area contributed by atoms with E-state index in [-0.39, 0.29) is 18.9 Å². The van der Waals surface area contributed by atoms with Gasteiger partial charge in [0, 0.05) is 13.6 Å². The molecule has 1 atom stereocenters. The number of carbonyl (C=O) groups excluding carboxylic acids is 1. The molecule has 0 aromatic heterocycles. The number of aliphatic carboxylic acids is 1. The van der Waals surface area contributed by atoms with Crippen LogP contribution in [0.5, 0.6) is 5.75 Å². The van der Waals surface area contributed by atoms with E-state index in [1.54, 1.807) is 6.92 Å². The highest BCUT2D eigenvalue weighted by atomic mass is 19.3. The number of ether oxygens (including phenoxy) is 1. The second kappa shape index (κ2) is 7.20. The van der Waals surface area contributed by atoms with Gasteiger partial charge in [-0.3, -0.25) is 9.59 Å². The number of halogens is 2. The number of benzene rings is 1. The summed E-state index contributed by atoms with van der Waals surface area (Å²) in [7, 11) is 1.15. The van der Waals surface area contributed by atoms with Crippen LogP contribution in [0, 0.1) is 5.92 Å². The Bertz CT molecular complexity index is 548. The van der Waals surface area contributed by atoms with Crippen LogP contribution >= 0.6 is 0 Å². The summed E-state index contributed by atoms with van der Waals surface area (Å²) in [4.78, 5) is 23.5. The molecule has 22 heavy (non-hydrogen) atoms. The van der Waals surface area contributed by atoms with E-state index in [1.165, 1.54) is 25.1 Å². The van der Waals surface area contributed by atoms with Gasteiger partial charge in [0.25, 0.3) is 5.91 Å². The summed E-state index contributed by atoms with van der Waals surface area (Å²) in [6.45, 7) is 2.88. The first kappa shape index (κ1) is 17.9. The number of alkyl halides is 2.